The molecule has 1 aromatic carbocycles. The van der Waals surface area contributed by atoms with Gasteiger partial charge in [0.15, 0.2) is 5.16 Å². The second-order valence-electron chi connectivity index (χ2n) is 6.87. The zero-order valence-electron chi connectivity index (χ0n) is 15.5. The molecule has 0 bridgehead atoms. The quantitative estimate of drug-likeness (QED) is 0.666. The van der Waals surface area contributed by atoms with Crippen LogP contribution in [0.5, 0.6) is 0 Å². The number of amides is 2. The lowest BCUT2D eigenvalue weighted by Gasteiger charge is -2.42. The molecular formula is C19H19N5O3S. The van der Waals surface area contributed by atoms with Gasteiger partial charge in [0.05, 0.1) is 29.9 Å². The van der Waals surface area contributed by atoms with Crippen molar-refractivity contribution in [1.29, 1.82) is 0 Å². The van der Waals surface area contributed by atoms with Gasteiger partial charge in [0, 0.05) is 0 Å². The number of thioether (sulfide) groups is 1. The normalized spacial score (nSPS) is 15.2. The molecule has 8 nitrogen and oxygen atoms in total. The molecule has 2 aromatic heterocycles. The summed E-state index contributed by atoms with van der Waals surface area (Å²) in [6, 6.07) is 11.0. The molecule has 3 aromatic rings. The van der Waals surface area contributed by atoms with Crippen molar-refractivity contribution < 1.29 is 14.0 Å². The van der Waals surface area contributed by atoms with Gasteiger partial charge in [-0.15, -0.1) is 10.2 Å². The number of carbonyl (C=O) groups excluding carboxylic acids is 2. The lowest BCUT2D eigenvalue weighted by Crippen LogP contribution is -2.59. The molecule has 1 aliphatic rings. The summed E-state index contributed by atoms with van der Waals surface area (Å²) in [5, 5.41) is 11.5. The van der Waals surface area contributed by atoms with Crippen LogP contribution in [0.1, 0.15) is 19.6 Å². The highest BCUT2D eigenvalue weighted by molar-refractivity contribution is 7.99. The van der Waals surface area contributed by atoms with Crippen LogP contribution >= 0.6 is 11.8 Å². The molecule has 0 saturated carbocycles. The van der Waals surface area contributed by atoms with Crippen LogP contribution in [0.4, 0.5) is 11.4 Å². The van der Waals surface area contributed by atoms with E-state index in [1.165, 1.54) is 11.8 Å². The fourth-order valence-corrected chi connectivity index (χ4v) is 3.89. The van der Waals surface area contributed by atoms with Gasteiger partial charge in [-0.05, 0) is 38.1 Å². The lowest BCUT2D eigenvalue weighted by molar-refractivity contribution is -0.125. The second-order valence-corrected chi connectivity index (χ2v) is 7.81. The molecule has 0 fully saturated rings. The summed E-state index contributed by atoms with van der Waals surface area (Å²) in [5.41, 5.74) is 0.328. The molecule has 9 heteroatoms. The number of furan rings is 1. The lowest BCUT2D eigenvalue weighted by atomic mass is 9.96. The maximum absolute atomic E-state index is 13.1. The van der Waals surface area contributed by atoms with Gasteiger partial charge < -0.3 is 14.3 Å². The molecule has 0 saturated heterocycles. The molecule has 1 aliphatic heterocycles. The third-order valence-corrected chi connectivity index (χ3v) is 5.53. The standard InChI is InChI=1S/C19H19N5O3S/c1-19(2)17(26)21-14-7-3-4-8-15(14)24(19)16(25)11-28-18-22-20-12-23(18)10-13-6-5-9-27-13/h3-9,12H,10-11H2,1-2H3,(H,21,26). The fraction of sp³-hybridized carbons (Fsp3) is 0.263. The molecule has 0 radical (unpaired) electrons. The zero-order valence-corrected chi connectivity index (χ0v) is 16.3. The van der Waals surface area contributed by atoms with Gasteiger partial charge >= 0.3 is 0 Å². The molecule has 0 unspecified atom stereocenters. The largest absolute Gasteiger partial charge is 0.467 e. The number of hydrogen-bond donors (Lipinski definition) is 1. The van der Waals surface area contributed by atoms with Crippen LogP contribution in [0.2, 0.25) is 0 Å². The maximum atomic E-state index is 13.1. The number of anilines is 2. The van der Waals surface area contributed by atoms with E-state index < -0.39 is 5.54 Å². The van der Waals surface area contributed by atoms with Crippen molar-refractivity contribution in [2.24, 2.45) is 0 Å². The fourth-order valence-electron chi connectivity index (χ4n) is 3.12. The summed E-state index contributed by atoms with van der Waals surface area (Å²) in [6.45, 7) is 3.96. The predicted molar refractivity (Wildman–Crippen MR) is 105 cm³/mol. The van der Waals surface area contributed by atoms with Crippen LogP contribution in [0.25, 0.3) is 0 Å². The van der Waals surface area contributed by atoms with Gasteiger partial charge in [-0.25, -0.2) is 0 Å². The molecule has 0 atom stereocenters. The van der Waals surface area contributed by atoms with Gasteiger partial charge in [0.25, 0.3) is 0 Å². The molecule has 28 heavy (non-hydrogen) atoms. The average molecular weight is 397 g/mol. The molecule has 144 valence electrons. The number of carbonyl (C=O) groups is 2. The summed E-state index contributed by atoms with van der Waals surface area (Å²) in [6.07, 6.45) is 3.21. The number of hydrogen-bond acceptors (Lipinski definition) is 6. The first-order valence-corrected chi connectivity index (χ1v) is 9.72. The van der Waals surface area contributed by atoms with Crippen molar-refractivity contribution in [3.05, 3.63) is 54.7 Å². The van der Waals surface area contributed by atoms with Crippen LogP contribution in [-0.2, 0) is 16.1 Å². The number of fused-ring (bicyclic) bond motifs is 1. The van der Waals surface area contributed by atoms with E-state index in [-0.39, 0.29) is 17.6 Å². The number of nitrogens with one attached hydrogen (secondary N) is 1. The summed E-state index contributed by atoms with van der Waals surface area (Å²) in [4.78, 5) is 27.2. The van der Waals surface area contributed by atoms with E-state index in [2.05, 4.69) is 15.5 Å². The first-order chi connectivity index (χ1) is 13.5. The maximum Gasteiger partial charge on any atom is 0.250 e. The van der Waals surface area contributed by atoms with E-state index in [1.54, 1.807) is 37.4 Å². The van der Waals surface area contributed by atoms with Crippen LogP contribution in [0.3, 0.4) is 0 Å². The third-order valence-electron chi connectivity index (χ3n) is 4.57. The molecule has 0 spiro atoms. The molecule has 1 N–H and O–H groups in total. The minimum atomic E-state index is -0.992. The molecular weight excluding hydrogens is 378 g/mol. The van der Waals surface area contributed by atoms with Crippen LogP contribution < -0.4 is 10.2 Å². The van der Waals surface area contributed by atoms with Gasteiger partial charge in [-0.3, -0.25) is 14.5 Å². The highest BCUT2D eigenvalue weighted by Gasteiger charge is 2.43. The predicted octanol–water partition coefficient (Wildman–Crippen LogP) is 2.78. The van der Waals surface area contributed by atoms with E-state index in [1.807, 2.05) is 34.9 Å². The number of nitrogens with zero attached hydrogens (tertiary/aromatic N) is 4. The average Bonchev–Trinajstić information content (AvgIpc) is 3.33. The van der Waals surface area contributed by atoms with Crippen molar-refractivity contribution >= 4 is 35.0 Å². The number of para-hydroxylation sites is 2. The van der Waals surface area contributed by atoms with Crippen molar-refractivity contribution in [3.63, 3.8) is 0 Å². The Morgan fingerprint density at radius 3 is 2.86 bits per heavy atom. The van der Waals surface area contributed by atoms with E-state index in [4.69, 9.17) is 4.42 Å². The Morgan fingerprint density at radius 1 is 1.25 bits per heavy atom. The number of aromatic nitrogens is 3. The molecule has 2 amide bonds. The van der Waals surface area contributed by atoms with Gasteiger partial charge in [-0.1, -0.05) is 23.9 Å². The Labute approximate surface area is 165 Å². The Kier molecular flexibility index (Phi) is 4.68. The second kappa shape index (κ2) is 7.16. The summed E-state index contributed by atoms with van der Waals surface area (Å²) in [7, 11) is 0. The number of benzene rings is 1. The summed E-state index contributed by atoms with van der Waals surface area (Å²) >= 11 is 1.28. The van der Waals surface area contributed by atoms with E-state index in [0.29, 0.717) is 23.1 Å². The Hall–Kier alpha value is -3.07. The first-order valence-electron chi connectivity index (χ1n) is 8.73. The van der Waals surface area contributed by atoms with Gasteiger partial charge in [0.2, 0.25) is 11.8 Å². The van der Waals surface area contributed by atoms with Gasteiger partial charge in [-0.2, -0.15) is 0 Å². The van der Waals surface area contributed by atoms with Crippen molar-refractivity contribution in [1.82, 2.24) is 14.8 Å². The Balaban J connectivity index is 1.53. The summed E-state index contributed by atoms with van der Waals surface area (Å²) < 4.78 is 7.17. The molecule has 4 rings (SSSR count). The monoisotopic (exact) mass is 397 g/mol. The first kappa shape index (κ1) is 18.3. The molecule has 0 aliphatic carbocycles. The zero-order chi connectivity index (χ0) is 19.7. The third kappa shape index (κ3) is 3.29. The van der Waals surface area contributed by atoms with Crippen LogP contribution in [-0.4, -0.2) is 37.9 Å². The van der Waals surface area contributed by atoms with Crippen LogP contribution in [0.15, 0.2) is 58.6 Å². The Morgan fingerprint density at radius 2 is 2.07 bits per heavy atom. The highest BCUT2D eigenvalue weighted by atomic mass is 32.2. The van der Waals surface area contributed by atoms with E-state index in [9.17, 15) is 9.59 Å². The SMILES string of the molecule is CC1(C)C(=O)Nc2ccccc2N1C(=O)CSc1nncn1Cc1ccco1. The minimum Gasteiger partial charge on any atom is -0.467 e. The van der Waals surface area contributed by atoms with Crippen molar-refractivity contribution in [3.8, 4) is 0 Å². The van der Waals surface area contributed by atoms with Crippen molar-refractivity contribution in [2.45, 2.75) is 31.1 Å². The van der Waals surface area contributed by atoms with E-state index in [0.717, 1.165) is 5.76 Å². The van der Waals surface area contributed by atoms with Gasteiger partial charge in [0.1, 0.15) is 17.6 Å². The minimum absolute atomic E-state index is 0.127. The smallest absolute Gasteiger partial charge is 0.250 e. The summed E-state index contributed by atoms with van der Waals surface area (Å²) in [5.74, 6) is 0.508. The van der Waals surface area contributed by atoms with Crippen LogP contribution in [0, 0.1) is 0 Å². The highest BCUT2D eigenvalue weighted by Crippen LogP contribution is 2.37. The topological polar surface area (TPSA) is 93.3 Å². The molecule has 3 heterocycles. The van der Waals surface area contributed by atoms with E-state index >= 15 is 0 Å². The number of rotatable bonds is 5. The van der Waals surface area contributed by atoms with Crippen molar-refractivity contribution in [2.75, 3.05) is 16.0 Å². The Bertz CT molecular complexity index is 1010.